The average molecular weight is 333 g/mol. The van der Waals surface area contributed by atoms with Gasteiger partial charge < -0.3 is 14.7 Å². The highest BCUT2D eigenvalue weighted by Crippen LogP contribution is 2.23. The molecule has 0 aliphatic carbocycles. The van der Waals surface area contributed by atoms with Crippen LogP contribution in [0.4, 0.5) is 0 Å². The average Bonchev–Trinajstić information content (AvgIpc) is 3.07. The summed E-state index contributed by atoms with van der Waals surface area (Å²) in [5, 5.41) is 0. The van der Waals surface area contributed by atoms with Crippen LogP contribution in [0.1, 0.15) is 5.56 Å². The zero-order chi connectivity index (χ0) is 17.4. The van der Waals surface area contributed by atoms with E-state index < -0.39 is 0 Å². The number of imidazole rings is 1. The molecule has 7 nitrogen and oxygen atoms in total. The molecular formula is C18H15N5O2. The van der Waals surface area contributed by atoms with Gasteiger partial charge in [-0.2, -0.15) is 4.98 Å². The summed E-state index contributed by atoms with van der Waals surface area (Å²) < 4.78 is 5.12. The van der Waals surface area contributed by atoms with Crippen molar-refractivity contribution in [3.63, 3.8) is 0 Å². The molecule has 0 aliphatic heterocycles. The summed E-state index contributed by atoms with van der Waals surface area (Å²) in [5.74, 6) is 1.21. The van der Waals surface area contributed by atoms with Crippen molar-refractivity contribution in [1.29, 1.82) is 0 Å². The van der Waals surface area contributed by atoms with Gasteiger partial charge in [-0.15, -0.1) is 0 Å². The Morgan fingerprint density at radius 2 is 1.96 bits per heavy atom. The molecule has 4 heterocycles. The van der Waals surface area contributed by atoms with Crippen molar-refractivity contribution in [3.8, 4) is 28.5 Å². The van der Waals surface area contributed by atoms with Crippen LogP contribution in [0.3, 0.4) is 0 Å². The summed E-state index contributed by atoms with van der Waals surface area (Å²) in [5.41, 5.74) is 4.47. The highest BCUT2D eigenvalue weighted by atomic mass is 16.5. The zero-order valence-electron chi connectivity index (χ0n) is 13.7. The molecule has 0 amide bonds. The minimum atomic E-state index is -0.0921. The van der Waals surface area contributed by atoms with E-state index in [0.717, 1.165) is 22.3 Å². The third-order valence-electron chi connectivity index (χ3n) is 3.95. The second-order valence-corrected chi connectivity index (χ2v) is 5.64. The number of pyridine rings is 3. The molecule has 4 rings (SSSR count). The first-order valence-electron chi connectivity index (χ1n) is 7.71. The topological polar surface area (TPSA) is 96.6 Å². The SMILES string of the molecule is COc1ccc2[nH]c(-c3ccc(-c4c[nH]c(=O)c(C)c4)nc3)nc2n1. The predicted octanol–water partition coefficient (Wildman–Crippen LogP) is 2.69. The molecule has 0 fully saturated rings. The van der Waals surface area contributed by atoms with Crippen LogP contribution in [-0.2, 0) is 0 Å². The molecule has 0 radical (unpaired) electrons. The summed E-state index contributed by atoms with van der Waals surface area (Å²) in [6.45, 7) is 1.77. The minimum absolute atomic E-state index is 0.0921. The van der Waals surface area contributed by atoms with Gasteiger partial charge in [-0.25, -0.2) is 4.98 Å². The molecule has 0 saturated heterocycles. The number of aryl methyl sites for hydroxylation is 1. The van der Waals surface area contributed by atoms with Crippen LogP contribution < -0.4 is 10.3 Å². The van der Waals surface area contributed by atoms with Gasteiger partial charge in [0.05, 0.1) is 18.3 Å². The highest BCUT2D eigenvalue weighted by molar-refractivity contribution is 5.76. The Morgan fingerprint density at radius 3 is 2.68 bits per heavy atom. The van der Waals surface area contributed by atoms with Gasteiger partial charge in [0, 0.05) is 35.2 Å². The molecule has 0 aromatic carbocycles. The van der Waals surface area contributed by atoms with Crippen molar-refractivity contribution < 1.29 is 4.74 Å². The highest BCUT2D eigenvalue weighted by Gasteiger charge is 2.09. The van der Waals surface area contributed by atoms with Gasteiger partial charge in [0.15, 0.2) is 5.65 Å². The number of ether oxygens (including phenoxy) is 1. The fourth-order valence-electron chi connectivity index (χ4n) is 2.58. The molecule has 25 heavy (non-hydrogen) atoms. The lowest BCUT2D eigenvalue weighted by Crippen LogP contribution is -2.08. The van der Waals surface area contributed by atoms with Crippen molar-refractivity contribution in [2.45, 2.75) is 6.92 Å². The number of fused-ring (bicyclic) bond motifs is 1. The molecule has 2 N–H and O–H groups in total. The number of nitrogens with one attached hydrogen (secondary N) is 2. The lowest BCUT2D eigenvalue weighted by Gasteiger charge is -2.03. The predicted molar refractivity (Wildman–Crippen MR) is 94.5 cm³/mol. The molecule has 0 unspecified atom stereocenters. The Kier molecular flexibility index (Phi) is 3.53. The normalized spacial score (nSPS) is 11.0. The summed E-state index contributed by atoms with van der Waals surface area (Å²) in [4.78, 5) is 30.7. The van der Waals surface area contributed by atoms with Gasteiger partial charge in [0.2, 0.25) is 5.88 Å². The summed E-state index contributed by atoms with van der Waals surface area (Å²) >= 11 is 0. The lowest BCUT2D eigenvalue weighted by molar-refractivity contribution is 0.399. The summed E-state index contributed by atoms with van der Waals surface area (Å²) in [7, 11) is 1.57. The Bertz CT molecular complexity index is 1110. The molecule has 4 aromatic rings. The van der Waals surface area contributed by atoms with Gasteiger partial charge in [-0.3, -0.25) is 9.78 Å². The second-order valence-electron chi connectivity index (χ2n) is 5.64. The Labute approximate surface area is 142 Å². The first kappa shape index (κ1) is 15.1. The van der Waals surface area contributed by atoms with E-state index in [0.29, 0.717) is 22.9 Å². The molecule has 0 saturated carbocycles. The molecular weight excluding hydrogens is 318 g/mol. The molecule has 0 bridgehead atoms. The van der Waals surface area contributed by atoms with Crippen LogP contribution in [0.5, 0.6) is 5.88 Å². The molecule has 7 heteroatoms. The first-order valence-corrected chi connectivity index (χ1v) is 7.71. The molecule has 0 atom stereocenters. The van der Waals surface area contributed by atoms with E-state index in [4.69, 9.17) is 4.74 Å². The van der Waals surface area contributed by atoms with E-state index in [9.17, 15) is 4.79 Å². The van der Waals surface area contributed by atoms with Crippen LogP contribution in [0.25, 0.3) is 33.8 Å². The molecule has 4 aromatic heterocycles. The van der Waals surface area contributed by atoms with Gasteiger partial charge in [0.1, 0.15) is 5.82 Å². The monoisotopic (exact) mass is 333 g/mol. The summed E-state index contributed by atoms with van der Waals surface area (Å²) in [6.07, 6.45) is 3.40. The largest absolute Gasteiger partial charge is 0.481 e. The van der Waals surface area contributed by atoms with Gasteiger partial charge >= 0.3 is 0 Å². The Hall–Kier alpha value is -3.48. The van der Waals surface area contributed by atoms with E-state index in [-0.39, 0.29) is 5.56 Å². The number of rotatable bonds is 3. The van der Waals surface area contributed by atoms with E-state index in [1.807, 2.05) is 24.3 Å². The minimum Gasteiger partial charge on any atom is -0.481 e. The quantitative estimate of drug-likeness (QED) is 0.601. The molecule has 124 valence electrons. The standard InChI is InChI=1S/C18H15N5O2/c1-10-7-12(9-20-18(10)24)13-4-3-11(8-19-13)16-21-14-5-6-15(25-2)22-17(14)23-16/h3-9H,1-2H3,(H,20,24)(H,21,22,23). The van der Waals surface area contributed by atoms with Crippen molar-refractivity contribution in [2.75, 3.05) is 7.11 Å². The third-order valence-corrected chi connectivity index (χ3v) is 3.95. The third kappa shape index (κ3) is 2.76. The fraction of sp³-hybridized carbons (Fsp3) is 0.111. The number of methoxy groups -OCH3 is 1. The van der Waals surface area contributed by atoms with Crippen LogP contribution in [-0.4, -0.2) is 32.0 Å². The number of hydrogen-bond acceptors (Lipinski definition) is 5. The fourth-order valence-corrected chi connectivity index (χ4v) is 2.58. The van der Waals surface area contributed by atoms with Crippen LogP contribution in [0.2, 0.25) is 0 Å². The number of aromatic nitrogens is 5. The maximum atomic E-state index is 11.5. The van der Waals surface area contributed by atoms with Crippen LogP contribution in [0, 0.1) is 6.92 Å². The van der Waals surface area contributed by atoms with Gasteiger partial charge in [-0.1, -0.05) is 0 Å². The zero-order valence-corrected chi connectivity index (χ0v) is 13.7. The lowest BCUT2D eigenvalue weighted by atomic mass is 10.1. The smallest absolute Gasteiger partial charge is 0.250 e. The van der Waals surface area contributed by atoms with Crippen LogP contribution in [0.15, 0.2) is 47.5 Å². The van der Waals surface area contributed by atoms with E-state index >= 15 is 0 Å². The number of H-pyrrole nitrogens is 2. The molecule has 0 aliphatic rings. The van der Waals surface area contributed by atoms with Gasteiger partial charge in [-0.05, 0) is 31.2 Å². The van der Waals surface area contributed by atoms with Crippen LogP contribution >= 0.6 is 0 Å². The maximum absolute atomic E-state index is 11.5. The van der Waals surface area contributed by atoms with Crippen molar-refractivity contribution in [3.05, 3.63) is 58.6 Å². The van der Waals surface area contributed by atoms with Crippen molar-refractivity contribution >= 4 is 11.2 Å². The number of aromatic amines is 2. The van der Waals surface area contributed by atoms with Gasteiger partial charge in [0.25, 0.3) is 5.56 Å². The first-order chi connectivity index (χ1) is 12.1. The number of nitrogens with zero attached hydrogens (tertiary/aromatic N) is 3. The second kappa shape index (κ2) is 5.86. The molecule has 0 spiro atoms. The van der Waals surface area contributed by atoms with Crippen molar-refractivity contribution in [1.82, 2.24) is 24.9 Å². The summed E-state index contributed by atoms with van der Waals surface area (Å²) in [6, 6.07) is 9.30. The Morgan fingerprint density at radius 1 is 1.08 bits per heavy atom. The Balaban J connectivity index is 1.69. The van der Waals surface area contributed by atoms with E-state index in [1.165, 1.54) is 0 Å². The maximum Gasteiger partial charge on any atom is 0.250 e. The number of hydrogen-bond donors (Lipinski definition) is 2. The van der Waals surface area contributed by atoms with E-state index in [1.54, 1.807) is 32.5 Å². The van der Waals surface area contributed by atoms with Crippen molar-refractivity contribution in [2.24, 2.45) is 0 Å². The van der Waals surface area contributed by atoms with E-state index in [2.05, 4.69) is 24.9 Å².